The van der Waals surface area contributed by atoms with Crippen molar-refractivity contribution in [2.24, 2.45) is 11.7 Å². The van der Waals surface area contributed by atoms with Crippen LogP contribution in [0.1, 0.15) is 38.5 Å². The Morgan fingerprint density at radius 2 is 1.86 bits per heavy atom. The number of nitrogens with two attached hydrogens (primary N) is 1. The molecule has 21 heavy (non-hydrogen) atoms. The van der Waals surface area contributed by atoms with Crippen LogP contribution < -0.4 is 11.1 Å². The van der Waals surface area contributed by atoms with Gasteiger partial charge in [0.15, 0.2) is 5.75 Å². The summed E-state index contributed by atoms with van der Waals surface area (Å²) in [7, 11) is 0. The number of phenolic OH excluding ortho intramolecular Hbond substituents is 1. The molecule has 0 heterocycles. The third-order valence-corrected chi connectivity index (χ3v) is 4.51. The molecule has 1 aromatic carbocycles. The Hall–Kier alpha value is -0.970. The fraction of sp³-hybridized carbons (Fsp3) is 0.533. The van der Waals surface area contributed by atoms with Crippen LogP contribution in [0.4, 0.5) is 5.69 Å². The topological polar surface area (TPSA) is 75.4 Å². The van der Waals surface area contributed by atoms with Gasteiger partial charge < -0.3 is 16.2 Å². The molecule has 1 unspecified atom stereocenters. The van der Waals surface area contributed by atoms with Gasteiger partial charge in [-0.05, 0) is 24.5 Å². The van der Waals surface area contributed by atoms with Crippen LogP contribution in [0.2, 0.25) is 10.0 Å². The highest BCUT2D eigenvalue weighted by atomic mass is 35.5. The van der Waals surface area contributed by atoms with E-state index in [1.807, 2.05) is 0 Å². The first kappa shape index (κ1) is 16.4. The number of nitrogens with one attached hydrogen (secondary N) is 1. The second kappa shape index (κ2) is 7.34. The molecule has 1 aliphatic carbocycles. The minimum absolute atomic E-state index is 0.0960. The lowest BCUT2D eigenvalue weighted by Crippen LogP contribution is -2.37. The van der Waals surface area contributed by atoms with Crippen LogP contribution in [-0.2, 0) is 4.79 Å². The predicted octanol–water partition coefficient (Wildman–Crippen LogP) is 3.94. The van der Waals surface area contributed by atoms with E-state index in [1.54, 1.807) is 0 Å². The molecule has 1 atom stereocenters. The number of halogens is 2. The lowest BCUT2D eigenvalue weighted by atomic mass is 9.85. The molecule has 6 heteroatoms. The zero-order chi connectivity index (χ0) is 15.4. The van der Waals surface area contributed by atoms with E-state index in [0.717, 1.165) is 12.8 Å². The van der Waals surface area contributed by atoms with Gasteiger partial charge in [-0.15, -0.1) is 0 Å². The second-order valence-corrected chi connectivity index (χ2v) is 6.44. The molecule has 1 saturated carbocycles. The van der Waals surface area contributed by atoms with Crippen LogP contribution in [0.25, 0.3) is 0 Å². The number of phenols is 1. The summed E-state index contributed by atoms with van der Waals surface area (Å²) in [6.07, 6.45) is 6.73. The molecule has 1 aromatic rings. The van der Waals surface area contributed by atoms with Gasteiger partial charge in [0.25, 0.3) is 0 Å². The smallest absolute Gasteiger partial charge is 0.241 e. The molecule has 0 spiro atoms. The molecule has 2 rings (SSSR count). The predicted molar refractivity (Wildman–Crippen MR) is 85.9 cm³/mol. The molecule has 0 bridgehead atoms. The monoisotopic (exact) mass is 330 g/mol. The molecule has 1 fully saturated rings. The van der Waals surface area contributed by atoms with Gasteiger partial charge in [-0.1, -0.05) is 55.3 Å². The molecule has 4 N–H and O–H groups in total. The average Bonchev–Trinajstić information content (AvgIpc) is 2.45. The summed E-state index contributed by atoms with van der Waals surface area (Å²) >= 11 is 11.6. The minimum atomic E-state index is -0.542. The van der Waals surface area contributed by atoms with Gasteiger partial charge in [0.1, 0.15) is 0 Å². The fourth-order valence-corrected chi connectivity index (χ4v) is 3.25. The van der Waals surface area contributed by atoms with E-state index < -0.39 is 6.04 Å². The highest BCUT2D eigenvalue weighted by Crippen LogP contribution is 2.34. The Balaban J connectivity index is 1.94. The summed E-state index contributed by atoms with van der Waals surface area (Å²) in [5, 5.41) is 12.4. The first-order valence-electron chi connectivity index (χ1n) is 7.22. The SMILES string of the molecule is NC(CC1CCCCC1)C(=O)Nc1cc(Cl)c(O)c(Cl)c1. The van der Waals surface area contributed by atoms with Crippen LogP contribution in [0, 0.1) is 5.92 Å². The number of hydrogen-bond donors (Lipinski definition) is 3. The van der Waals surface area contributed by atoms with Crippen molar-refractivity contribution in [1.82, 2.24) is 0 Å². The van der Waals surface area contributed by atoms with E-state index in [4.69, 9.17) is 28.9 Å². The molecule has 0 aliphatic heterocycles. The van der Waals surface area contributed by atoms with Crippen LogP contribution in [0.15, 0.2) is 12.1 Å². The Bertz CT molecular complexity index is 493. The Morgan fingerprint density at radius 3 is 2.43 bits per heavy atom. The lowest BCUT2D eigenvalue weighted by Gasteiger charge is -2.24. The summed E-state index contributed by atoms with van der Waals surface area (Å²) in [5.41, 5.74) is 6.41. The van der Waals surface area contributed by atoms with Crippen molar-refractivity contribution >= 4 is 34.8 Å². The highest BCUT2D eigenvalue weighted by Gasteiger charge is 2.21. The molecule has 116 valence electrons. The van der Waals surface area contributed by atoms with Crippen molar-refractivity contribution in [3.63, 3.8) is 0 Å². The number of anilines is 1. The molecule has 4 nitrogen and oxygen atoms in total. The molecular formula is C15H20Cl2N2O2. The van der Waals surface area contributed by atoms with Crippen molar-refractivity contribution in [3.05, 3.63) is 22.2 Å². The lowest BCUT2D eigenvalue weighted by molar-refractivity contribution is -0.117. The second-order valence-electron chi connectivity index (χ2n) is 5.62. The molecule has 1 amide bonds. The van der Waals surface area contributed by atoms with Crippen molar-refractivity contribution < 1.29 is 9.90 Å². The van der Waals surface area contributed by atoms with Gasteiger partial charge in [0, 0.05) is 5.69 Å². The van der Waals surface area contributed by atoms with Crippen molar-refractivity contribution in [1.29, 1.82) is 0 Å². The zero-order valence-electron chi connectivity index (χ0n) is 11.7. The molecular weight excluding hydrogens is 311 g/mol. The normalized spacial score (nSPS) is 17.5. The highest BCUT2D eigenvalue weighted by molar-refractivity contribution is 6.37. The minimum Gasteiger partial charge on any atom is -0.505 e. The van der Waals surface area contributed by atoms with Crippen LogP contribution >= 0.6 is 23.2 Å². The van der Waals surface area contributed by atoms with E-state index in [0.29, 0.717) is 18.0 Å². The first-order valence-corrected chi connectivity index (χ1v) is 7.97. The standard InChI is InChI=1S/C15H20Cl2N2O2/c16-11-7-10(8-12(17)14(11)20)19-15(21)13(18)6-9-4-2-1-3-5-9/h7-9,13,20H,1-6,18H2,(H,19,21). The number of amides is 1. The summed E-state index contributed by atoms with van der Waals surface area (Å²) in [4.78, 5) is 12.1. The molecule has 1 aliphatic rings. The summed E-state index contributed by atoms with van der Waals surface area (Å²) in [5.74, 6) is 0.0905. The van der Waals surface area contributed by atoms with Crippen LogP contribution in [0.3, 0.4) is 0 Å². The van der Waals surface area contributed by atoms with Gasteiger partial charge in [0.2, 0.25) is 5.91 Å². The van der Waals surface area contributed by atoms with Crippen LogP contribution in [0.5, 0.6) is 5.75 Å². The maximum absolute atomic E-state index is 12.1. The van der Waals surface area contributed by atoms with Crippen molar-refractivity contribution in [2.75, 3.05) is 5.32 Å². The van der Waals surface area contributed by atoms with E-state index in [2.05, 4.69) is 5.32 Å². The largest absolute Gasteiger partial charge is 0.505 e. The molecule has 0 aromatic heterocycles. The third-order valence-electron chi connectivity index (χ3n) is 3.93. The third kappa shape index (κ3) is 4.50. The number of carbonyl (C=O) groups is 1. The number of benzene rings is 1. The Kier molecular flexibility index (Phi) is 5.73. The summed E-state index contributed by atoms with van der Waals surface area (Å²) in [6.45, 7) is 0. The molecule has 0 saturated heterocycles. The van der Waals surface area contributed by atoms with Crippen molar-refractivity contribution in [3.8, 4) is 5.75 Å². The van der Waals surface area contributed by atoms with E-state index in [-0.39, 0.29) is 21.7 Å². The van der Waals surface area contributed by atoms with E-state index in [9.17, 15) is 9.90 Å². The number of rotatable bonds is 4. The first-order chi connectivity index (χ1) is 9.97. The van der Waals surface area contributed by atoms with E-state index >= 15 is 0 Å². The maximum atomic E-state index is 12.1. The van der Waals surface area contributed by atoms with Gasteiger partial charge in [-0.2, -0.15) is 0 Å². The Morgan fingerprint density at radius 1 is 1.29 bits per heavy atom. The molecule has 0 radical (unpaired) electrons. The van der Waals surface area contributed by atoms with Gasteiger partial charge >= 0.3 is 0 Å². The Labute approximate surface area is 134 Å². The maximum Gasteiger partial charge on any atom is 0.241 e. The van der Waals surface area contributed by atoms with Gasteiger partial charge in [-0.25, -0.2) is 0 Å². The van der Waals surface area contributed by atoms with Crippen LogP contribution in [-0.4, -0.2) is 17.1 Å². The zero-order valence-corrected chi connectivity index (χ0v) is 13.3. The fourth-order valence-electron chi connectivity index (χ4n) is 2.76. The van der Waals surface area contributed by atoms with Gasteiger partial charge in [0.05, 0.1) is 16.1 Å². The van der Waals surface area contributed by atoms with Gasteiger partial charge in [-0.3, -0.25) is 4.79 Å². The van der Waals surface area contributed by atoms with E-state index in [1.165, 1.54) is 31.4 Å². The average molecular weight is 331 g/mol. The van der Waals surface area contributed by atoms with Crippen molar-refractivity contribution in [2.45, 2.75) is 44.6 Å². The number of hydrogen-bond acceptors (Lipinski definition) is 3. The quantitative estimate of drug-likeness (QED) is 0.732. The number of aromatic hydroxyl groups is 1. The summed E-state index contributed by atoms with van der Waals surface area (Å²) < 4.78 is 0. The number of carbonyl (C=O) groups excluding carboxylic acids is 1. The summed E-state index contributed by atoms with van der Waals surface area (Å²) in [6, 6.07) is 2.36.